The molecule has 0 saturated carbocycles. The van der Waals surface area contributed by atoms with E-state index in [0.717, 1.165) is 12.3 Å². The van der Waals surface area contributed by atoms with Gasteiger partial charge in [-0.25, -0.2) is 9.37 Å². The molecule has 3 rings (SSSR count). The van der Waals surface area contributed by atoms with Crippen molar-refractivity contribution in [3.63, 3.8) is 0 Å². The van der Waals surface area contributed by atoms with Gasteiger partial charge in [-0.1, -0.05) is 0 Å². The van der Waals surface area contributed by atoms with E-state index < -0.39 is 24.0 Å². The van der Waals surface area contributed by atoms with Crippen LogP contribution in [-0.2, 0) is 5.92 Å². The fourth-order valence-corrected chi connectivity index (χ4v) is 2.41. The van der Waals surface area contributed by atoms with Crippen LogP contribution in [0.1, 0.15) is 5.69 Å². The number of aromatic nitrogens is 2. The molecule has 0 unspecified atom stereocenters. The van der Waals surface area contributed by atoms with Crippen LogP contribution in [0.5, 0.6) is 17.4 Å². The first-order valence-corrected chi connectivity index (χ1v) is 7.86. The molecule has 2 heterocycles. The number of nitrogens with zero attached hydrogens (tertiary/aromatic N) is 2. The van der Waals surface area contributed by atoms with Gasteiger partial charge in [-0.05, 0) is 36.4 Å². The average Bonchev–Trinajstić information content (AvgIpc) is 2.69. The smallest absolute Gasteiger partial charge is 0.312 e. The second-order valence-electron chi connectivity index (χ2n) is 5.54. The first-order valence-electron chi connectivity index (χ1n) is 7.86. The van der Waals surface area contributed by atoms with Crippen molar-refractivity contribution < 1.29 is 27.8 Å². The van der Waals surface area contributed by atoms with Crippen molar-refractivity contribution in [3.05, 3.63) is 66.4 Å². The van der Waals surface area contributed by atoms with Gasteiger partial charge in [0.05, 0.1) is 13.3 Å². The molecule has 0 spiro atoms. The molecule has 3 aromatic rings. The molecule has 0 aliphatic rings. The molecule has 0 atom stereocenters. The Hall–Kier alpha value is -3.13. The van der Waals surface area contributed by atoms with Crippen LogP contribution < -0.4 is 9.47 Å². The molecule has 0 amide bonds. The van der Waals surface area contributed by atoms with Crippen molar-refractivity contribution in [1.82, 2.24) is 9.97 Å². The van der Waals surface area contributed by atoms with Crippen molar-refractivity contribution in [1.29, 1.82) is 0 Å². The van der Waals surface area contributed by atoms with Gasteiger partial charge in [0.15, 0.2) is 0 Å². The number of methoxy groups -OCH3 is 1. The lowest BCUT2D eigenvalue weighted by atomic mass is 10.1. The number of ether oxygens (including phenoxy) is 2. The van der Waals surface area contributed by atoms with Gasteiger partial charge < -0.3 is 14.6 Å². The first-order chi connectivity index (χ1) is 12.9. The van der Waals surface area contributed by atoms with Gasteiger partial charge in [-0.15, -0.1) is 0 Å². The summed E-state index contributed by atoms with van der Waals surface area (Å²) in [7, 11) is 1.42. The van der Waals surface area contributed by atoms with Crippen LogP contribution in [0.3, 0.4) is 0 Å². The lowest BCUT2D eigenvalue weighted by molar-refractivity contribution is -0.0592. The fraction of sp³-hybridized carbons (Fsp3) is 0.158. The standard InChI is InChI=1S/C19H15F3N2O3/c1-26-16-9-12(20)4-6-14(16)15-3-2-8-23-18(15)27-13-5-7-17(24-10-13)19(21,22)11-25/h2-10,25H,11H2,1H3. The summed E-state index contributed by atoms with van der Waals surface area (Å²) >= 11 is 0. The molecule has 0 fully saturated rings. The summed E-state index contributed by atoms with van der Waals surface area (Å²) in [5.41, 5.74) is 0.510. The molecule has 8 heteroatoms. The highest BCUT2D eigenvalue weighted by Gasteiger charge is 2.32. The minimum Gasteiger partial charge on any atom is -0.496 e. The van der Waals surface area contributed by atoms with Crippen LogP contribution in [-0.4, -0.2) is 28.8 Å². The van der Waals surface area contributed by atoms with Crippen LogP contribution in [0.4, 0.5) is 13.2 Å². The number of pyridine rings is 2. The summed E-state index contributed by atoms with van der Waals surface area (Å²) in [6.45, 7) is -1.34. The van der Waals surface area contributed by atoms with Crippen LogP contribution in [0, 0.1) is 5.82 Å². The number of halogens is 3. The molecular formula is C19H15F3N2O3. The molecule has 27 heavy (non-hydrogen) atoms. The fourth-order valence-electron chi connectivity index (χ4n) is 2.41. The van der Waals surface area contributed by atoms with Crippen molar-refractivity contribution in [3.8, 4) is 28.5 Å². The lowest BCUT2D eigenvalue weighted by Gasteiger charge is -2.14. The molecule has 1 N–H and O–H groups in total. The van der Waals surface area contributed by atoms with E-state index >= 15 is 0 Å². The Kier molecular flexibility index (Phi) is 5.27. The summed E-state index contributed by atoms with van der Waals surface area (Å²) in [5, 5.41) is 8.71. The largest absolute Gasteiger partial charge is 0.496 e. The van der Waals surface area contributed by atoms with Crippen molar-refractivity contribution >= 4 is 0 Å². The van der Waals surface area contributed by atoms with E-state index in [1.165, 1.54) is 37.6 Å². The van der Waals surface area contributed by atoms with E-state index in [0.29, 0.717) is 16.9 Å². The number of benzene rings is 1. The van der Waals surface area contributed by atoms with Gasteiger partial charge in [0.25, 0.3) is 0 Å². The van der Waals surface area contributed by atoms with E-state index in [9.17, 15) is 13.2 Å². The SMILES string of the molecule is COc1cc(F)ccc1-c1cccnc1Oc1ccc(C(F)(F)CO)nc1. The molecule has 0 bridgehead atoms. The Morgan fingerprint density at radius 2 is 1.89 bits per heavy atom. The predicted molar refractivity (Wildman–Crippen MR) is 91.5 cm³/mol. The van der Waals surface area contributed by atoms with Gasteiger partial charge in [0, 0.05) is 23.4 Å². The molecule has 5 nitrogen and oxygen atoms in total. The highest BCUT2D eigenvalue weighted by Crippen LogP contribution is 2.37. The summed E-state index contributed by atoms with van der Waals surface area (Å²) in [4.78, 5) is 7.78. The van der Waals surface area contributed by atoms with E-state index in [1.807, 2.05) is 0 Å². The zero-order valence-corrected chi connectivity index (χ0v) is 14.2. The third kappa shape index (κ3) is 4.01. The zero-order valence-electron chi connectivity index (χ0n) is 14.2. The van der Waals surface area contributed by atoms with Gasteiger partial charge in [0.1, 0.15) is 29.6 Å². The lowest BCUT2D eigenvalue weighted by Crippen LogP contribution is -2.19. The quantitative estimate of drug-likeness (QED) is 0.700. The maximum atomic E-state index is 13.4. The van der Waals surface area contributed by atoms with Crippen molar-refractivity contribution in [2.45, 2.75) is 5.92 Å². The maximum absolute atomic E-state index is 13.4. The van der Waals surface area contributed by atoms with Gasteiger partial charge in [-0.3, -0.25) is 4.98 Å². The zero-order chi connectivity index (χ0) is 19.4. The van der Waals surface area contributed by atoms with Crippen LogP contribution >= 0.6 is 0 Å². The highest BCUT2D eigenvalue weighted by atomic mass is 19.3. The number of hydrogen-bond donors (Lipinski definition) is 1. The number of alkyl halides is 2. The third-order valence-electron chi connectivity index (χ3n) is 3.75. The Bertz CT molecular complexity index is 934. The minimum absolute atomic E-state index is 0.172. The van der Waals surface area contributed by atoms with E-state index in [2.05, 4.69) is 9.97 Å². The Balaban J connectivity index is 1.94. The van der Waals surface area contributed by atoms with E-state index in [4.69, 9.17) is 14.6 Å². The van der Waals surface area contributed by atoms with Gasteiger partial charge in [0.2, 0.25) is 5.88 Å². The number of aliphatic hydroxyl groups excluding tert-OH is 1. The maximum Gasteiger partial charge on any atom is 0.312 e. The number of rotatable bonds is 6. The normalized spacial score (nSPS) is 11.3. The Morgan fingerprint density at radius 1 is 1.07 bits per heavy atom. The molecular weight excluding hydrogens is 361 g/mol. The number of hydrogen-bond acceptors (Lipinski definition) is 5. The molecule has 0 aliphatic heterocycles. The molecule has 2 aromatic heterocycles. The first kappa shape index (κ1) is 18.7. The monoisotopic (exact) mass is 376 g/mol. The van der Waals surface area contributed by atoms with E-state index in [1.54, 1.807) is 12.1 Å². The summed E-state index contributed by atoms with van der Waals surface area (Å²) < 4.78 is 51.2. The summed E-state index contributed by atoms with van der Waals surface area (Å²) in [5.74, 6) is -3.24. The molecule has 0 aliphatic carbocycles. The molecule has 140 valence electrons. The summed E-state index contributed by atoms with van der Waals surface area (Å²) in [6, 6.07) is 9.79. The topological polar surface area (TPSA) is 64.5 Å². The van der Waals surface area contributed by atoms with Crippen LogP contribution in [0.2, 0.25) is 0 Å². The second kappa shape index (κ2) is 7.63. The Morgan fingerprint density at radius 3 is 2.56 bits per heavy atom. The number of aliphatic hydroxyl groups is 1. The third-order valence-corrected chi connectivity index (χ3v) is 3.75. The molecule has 1 aromatic carbocycles. The van der Waals surface area contributed by atoms with Gasteiger partial charge in [-0.2, -0.15) is 8.78 Å². The van der Waals surface area contributed by atoms with Gasteiger partial charge >= 0.3 is 5.92 Å². The second-order valence-corrected chi connectivity index (χ2v) is 5.54. The van der Waals surface area contributed by atoms with Crippen LogP contribution in [0.15, 0.2) is 54.9 Å². The van der Waals surface area contributed by atoms with E-state index in [-0.39, 0.29) is 11.6 Å². The average molecular weight is 376 g/mol. The Labute approximate surface area is 153 Å². The highest BCUT2D eigenvalue weighted by molar-refractivity contribution is 5.74. The minimum atomic E-state index is -3.43. The van der Waals surface area contributed by atoms with Crippen molar-refractivity contribution in [2.75, 3.05) is 13.7 Å². The predicted octanol–water partition coefficient (Wildman–Crippen LogP) is 4.17. The summed E-state index contributed by atoms with van der Waals surface area (Å²) in [6.07, 6.45) is 2.61. The molecule has 0 saturated heterocycles. The van der Waals surface area contributed by atoms with Crippen molar-refractivity contribution in [2.24, 2.45) is 0 Å². The van der Waals surface area contributed by atoms with Crippen LogP contribution in [0.25, 0.3) is 11.1 Å². The molecule has 0 radical (unpaired) electrons.